The first-order valence-electron chi connectivity index (χ1n) is 6.28. The van der Waals surface area contributed by atoms with Crippen molar-refractivity contribution in [1.29, 1.82) is 0 Å². The van der Waals surface area contributed by atoms with Gasteiger partial charge in [0.15, 0.2) is 0 Å². The Morgan fingerprint density at radius 1 is 1.47 bits per heavy atom. The van der Waals surface area contributed by atoms with Gasteiger partial charge in [-0.1, -0.05) is 18.5 Å². The summed E-state index contributed by atoms with van der Waals surface area (Å²) >= 11 is 6.15. The molecule has 1 aliphatic heterocycles. The topological polar surface area (TPSA) is 21.3 Å². The standard InChI is InChI=1S/C14H20ClNO/c1-4-17-14-10(3)6-11(15)7-12(14)13-5-9(2)8-16-13/h6-7,9,13,16H,4-5,8H2,1-3H3. The van der Waals surface area contributed by atoms with Gasteiger partial charge in [0.2, 0.25) is 0 Å². The number of aryl methyl sites for hydroxylation is 1. The molecule has 2 atom stereocenters. The molecule has 0 saturated carbocycles. The molecule has 2 nitrogen and oxygen atoms in total. The molecule has 2 rings (SSSR count). The molecule has 0 radical (unpaired) electrons. The summed E-state index contributed by atoms with van der Waals surface area (Å²) in [5.41, 5.74) is 2.33. The van der Waals surface area contributed by atoms with Gasteiger partial charge < -0.3 is 10.1 Å². The van der Waals surface area contributed by atoms with Crippen molar-refractivity contribution in [2.24, 2.45) is 5.92 Å². The molecule has 17 heavy (non-hydrogen) atoms. The highest BCUT2D eigenvalue weighted by atomic mass is 35.5. The Morgan fingerprint density at radius 3 is 2.82 bits per heavy atom. The van der Waals surface area contributed by atoms with Crippen LogP contribution in [0.15, 0.2) is 12.1 Å². The van der Waals surface area contributed by atoms with Gasteiger partial charge in [0.25, 0.3) is 0 Å². The van der Waals surface area contributed by atoms with Gasteiger partial charge in [-0.15, -0.1) is 0 Å². The first-order chi connectivity index (χ1) is 8.11. The molecule has 0 bridgehead atoms. The molecule has 1 aromatic rings. The quantitative estimate of drug-likeness (QED) is 0.887. The third-order valence-corrected chi connectivity index (χ3v) is 3.50. The predicted octanol–water partition coefficient (Wildman–Crippen LogP) is 3.72. The summed E-state index contributed by atoms with van der Waals surface area (Å²) in [5.74, 6) is 1.72. The molecule has 0 aliphatic carbocycles. The fourth-order valence-electron chi connectivity index (χ4n) is 2.51. The maximum absolute atomic E-state index is 6.15. The van der Waals surface area contributed by atoms with Crippen LogP contribution < -0.4 is 10.1 Å². The summed E-state index contributed by atoms with van der Waals surface area (Å²) in [5, 5.41) is 4.33. The monoisotopic (exact) mass is 253 g/mol. The molecule has 0 spiro atoms. The van der Waals surface area contributed by atoms with E-state index in [0.717, 1.165) is 29.3 Å². The van der Waals surface area contributed by atoms with E-state index in [4.69, 9.17) is 16.3 Å². The van der Waals surface area contributed by atoms with Gasteiger partial charge in [-0.2, -0.15) is 0 Å². The van der Waals surface area contributed by atoms with Crippen LogP contribution in [0.1, 0.15) is 37.4 Å². The molecule has 2 unspecified atom stereocenters. The minimum Gasteiger partial charge on any atom is -0.493 e. The minimum atomic E-state index is 0.379. The van der Waals surface area contributed by atoms with Crippen LogP contribution in [0.3, 0.4) is 0 Å². The Balaban J connectivity index is 2.36. The van der Waals surface area contributed by atoms with Crippen molar-refractivity contribution in [3.05, 3.63) is 28.3 Å². The maximum atomic E-state index is 6.15. The Hall–Kier alpha value is -0.730. The Kier molecular flexibility index (Phi) is 3.95. The lowest BCUT2D eigenvalue weighted by Gasteiger charge is -2.18. The second-order valence-electron chi connectivity index (χ2n) is 4.88. The number of hydrogen-bond donors (Lipinski definition) is 1. The first kappa shape index (κ1) is 12.7. The van der Waals surface area contributed by atoms with Crippen LogP contribution in [0.5, 0.6) is 5.75 Å². The lowest BCUT2D eigenvalue weighted by molar-refractivity contribution is 0.330. The van der Waals surface area contributed by atoms with E-state index < -0.39 is 0 Å². The van der Waals surface area contributed by atoms with Crippen LogP contribution in [0.4, 0.5) is 0 Å². The average molecular weight is 254 g/mol. The van der Waals surface area contributed by atoms with Crippen molar-refractivity contribution >= 4 is 11.6 Å². The van der Waals surface area contributed by atoms with Gasteiger partial charge in [-0.05, 0) is 50.4 Å². The molecule has 0 amide bonds. The Labute approximate surface area is 108 Å². The fourth-order valence-corrected chi connectivity index (χ4v) is 2.79. The van der Waals surface area contributed by atoms with Crippen molar-refractivity contribution in [3.8, 4) is 5.75 Å². The fraction of sp³-hybridized carbons (Fsp3) is 0.571. The number of hydrogen-bond acceptors (Lipinski definition) is 2. The van der Waals surface area contributed by atoms with Crippen molar-refractivity contribution in [3.63, 3.8) is 0 Å². The second-order valence-corrected chi connectivity index (χ2v) is 5.31. The molecule has 1 fully saturated rings. The van der Waals surface area contributed by atoms with Gasteiger partial charge in [-0.25, -0.2) is 0 Å². The number of benzene rings is 1. The van der Waals surface area contributed by atoms with Gasteiger partial charge in [-0.3, -0.25) is 0 Å². The summed E-state index contributed by atoms with van der Waals surface area (Å²) in [7, 11) is 0. The molecular formula is C14H20ClNO. The SMILES string of the molecule is CCOc1c(C)cc(Cl)cc1C1CC(C)CN1. The zero-order valence-corrected chi connectivity index (χ0v) is 11.5. The summed E-state index contributed by atoms with van der Waals surface area (Å²) < 4.78 is 5.77. The van der Waals surface area contributed by atoms with Crippen LogP contribution in [0.2, 0.25) is 5.02 Å². The Morgan fingerprint density at radius 2 is 2.24 bits per heavy atom. The minimum absolute atomic E-state index is 0.379. The normalized spacial score (nSPS) is 24.0. The lowest BCUT2D eigenvalue weighted by Crippen LogP contribution is -2.15. The van der Waals surface area contributed by atoms with Crippen LogP contribution in [-0.4, -0.2) is 13.2 Å². The predicted molar refractivity (Wildman–Crippen MR) is 71.9 cm³/mol. The number of nitrogens with one attached hydrogen (secondary N) is 1. The third-order valence-electron chi connectivity index (χ3n) is 3.28. The van der Waals surface area contributed by atoms with Crippen molar-refractivity contribution in [2.75, 3.05) is 13.2 Å². The summed E-state index contributed by atoms with van der Waals surface area (Å²) in [6.07, 6.45) is 1.15. The molecule has 1 N–H and O–H groups in total. The first-order valence-corrected chi connectivity index (χ1v) is 6.65. The summed E-state index contributed by atoms with van der Waals surface area (Å²) in [6.45, 7) is 8.10. The highest BCUT2D eigenvalue weighted by Crippen LogP contribution is 2.37. The second kappa shape index (κ2) is 5.28. The highest BCUT2D eigenvalue weighted by molar-refractivity contribution is 6.30. The highest BCUT2D eigenvalue weighted by Gasteiger charge is 2.25. The van der Waals surface area contributed by atoms with E-state index in [1.54, 1.807) is 0 Å². The summed E-state index contributed by atoms with van der Waals surface area (Å²) in [4.78, 5) is 0. The van der Waals surface area contributed by atoms with Crippen molar-refractivity contribution < 1.29 is 4.74 Å². The van der Waals surface area contributed by atoms with Crippen molar-refractivity contribution in [2.45, 2.75) is 33.2 Å². The zero-order chi connectivity index (χ0) is 12.4. The van der Waals surface area contributed by atoms with Gasteiger partial charge in [0, 0.05) is 16.6 Å². The van der Waals surface area contributed by atoms with Gasteiger partial charge in [0.05, 0.1) is 6.61 Å². The van der Waals surface area contributed by atoms with E-state index in [1.165, 1.54) is 5.56 Å². The summed E-state index contributed by atoms with van der Waals surface area (Å²) in [6, 6.07) is 4.38. The maximum Gasteiger partial charge on any atom is 0.127 e. The van der Waals surface area contributed by atoms with Crippen LogP contribution >= 0.6 is 11.6 Å². The van der Waals surface area contributed by atoms with E-state index in [1.807, 2.05) is 19.1 Å². The number of halogens is 1. The molecule has 1 saturated heterocycles. The van der Waals surface area contributed by atoms with E-state index >= 15 is 0 Å². The molecule has 0 aromatic heterocycles. The third kappa shape index (κ3) is 2.75. The largest absolute Gasteiger partial charge is 0.493 e. The molecule has 1 aromatic carbocycles. The smallest absolute Gasteiger partial charge is 0.127 e. The molecule has 3 heteroatoms. The van der Waals surface area contributed by atoms with Gasteiger partial charge >= 0.3 is 0 Å². The lowest BCUT2D eigenvalue weighted by atomic mass is 9.98. The van der Waals surface area contributed by atoms with E-state index in [0.29, 0.717) is 18.6 Å². The molecular weight excluding hydrogens is 234 g/mol. The van der Waals surface area contributed by atoms with Crippen molar-refractivity contribution in [1.82, 2.24) is 5.32 Å². The van der Waals surface area contributed by atoms with Crippen LogP contribution in [-0.2, 0) is 0 Å². The van der Waals surface area contributed by atoms with E-state index in [2.05, 4.69) is 19.2 Å². The molecule has 1 heterocycles. The van der Waals surface area contributed by atoms with E-state index in [-0.39, 0.29) is 0 Å². The van der Waals surface area contributed by atoms with Crippen LogP contribution in [0.25, 0.3) is 0 Å². The zero-order valence-electron chi connectivity index (χ0n) is 10.7. The number of ether oxygens (including phenoxy) is 1. The molecule has 1 aliphatic rings. The number of rotatable bonds is 3. The van der Waals surface area contributed by atoms with Gasteiger partial charge in [0.1, 0.15) is 5.75 Å². The Bertz CT molecular complexity index is 405. The van der Waals surface area contributed by atoms with E-state index in [9.17, 15) is 0 Å². The van der Waals surface area contributed by atoms with Crippen LogP contribution in [0, 0.1) is 12.8 Å². The molecule has 94 valence electrons. The average Bonchev–Trinajstić information content (AvgIpc) is 2.68.